The van der Waals surface area contributed by atoms with Gasteiger partial charge < -0.3 is 10.2 Å². The zero-order chi connectivity index (χ0) is 10.5. The topological polar surface area (TPSA) is 39.2 Å². The minimum atomic E-state index is 0.350. The fourth-order valence-corrected chi connectivity index (χ4v) is 3.60. The molecule has 0 bridgehead atoms. The molecule has 1 aliphatic rings. The Labute approximate surface area is 95.6 Å². The third-order valence-electron chi connectivity index (χ3n) is 2.98. The Morgan fingerprint density at radius 2 is 2.20 bits per heavy atom. The van der Waals surface area contributed by atoms with Crippen LogP contribution >= 0.6 is 11.8 Å². The van der Waals surface area contributed by atoms with Gasteiger partial charge in [-0.15, -0.1) is 11.8 Å². The van der Waals surface area contributed by atoms with Crippen LogP contribution in [0.1, 0.15) is 43.1 Å². The van der Waals surface area contributed by atoms with Gasteiger partial charge in [0, 0.05) is 11.8 Å². The fraction of sp³-hybridized carbons (Fsp3) is 0.667. The molecule has 2 rings (SSSR count). The Kier molecular flexibility index (Phi) is 4.15. The molecule has 1 fully saturated rings. The predicted molar refractivity (Wildman–Crippen MR) is 65.0 cm³/mol. The van der Waals surface area contributed by atoms with Gasteiger partial charge in [0.2, 0.25) is 0 Å². The van der Waals surface area contributed by atoms with E-state index in [1.54, 1.807) is 6.26 Å². The van der Waals surface area contributed by atoms with Gasteiger partial charge in [0.25, 0.3) is 0 Å². The zero-order valence-corrected chi connectivity index (χ0v) is 9.84. The van der Waals surface area contributed by atoms with Gasteiger partial charge in [-0.1, -0.05) is 19.3 Å². The minimum Gasteiger partial charge on any atom is -0.468 e. The van der Waals surface area contributed by atoms with E-state index in [1.807, 2.05) is 23.9 Å². The lowest BCUT2D eigenvalue weighted by Gasteiger charge is -2.24. The van der Waals surface area contributed by atoms with Crippen molar-refractivity contribution in [2.45, 2.75) is 42.6 Å². The van der Waals surface area contributed by atoms with Crippen LogP contribution in [0.3, 0.4) is 0 Å². The van der Waals surface area contributed by atoms with Crippen molar-refractivity contribution < 1.29 is 4.42 Å². The molecule has 1 aromatic rings. The highest BCUT2D eigenvalue weighted by Gasteiger charge is 2.21. The average Bonchev–Trinajstić information content (AvgIpc) is 2.81. The highest BCUT2D eigenvalue weighted by molar-refractivity contribution is 8.00. The van der Waals surface area contributed by atoms with Crippen LogP contribution in [0.4, 0.5) is 0 Å². The molecule has 1 atom stereocenters. The summed E-state index contributed by atoms with van der Waals surface area (Å²) in [6.07, 6.45) is 8.61. The van der Waals surface area contributed by atoms with Gasteiger partial charge in [-0.3, -0.25) is 0 Å². The van der Waals surface area contributed by atoms with E-state index in [4.69, 9.17) is 10.2 Å². The third kappa shape index (κ3) is 3.02. The van der Waals surface area contributed by atoms with Gasteiger partial charge in [-0.05, 0) is 25.0 Å². The quantitative estimate of drug-likeness (QED) is 0.854. The van der Waals surface area contributed by atoms with Crippen molar-refractivity contribution in [1.82, 2.24) is 0 Å². The maximum Gasteiger partial charge on any atom is 0.118 e. The Morgan fingerprint density at radius 3 is 2.80 bits per heavy atom. The molecule has 0 aromatic carbocycles. The van der Waals surface area contributed by atoms with Crippen LogP contribution < -0.4 is 5.73 Å². The molecule has 1 unspecified atom stereocenters. The van der Waals surface area contributed by atoms with Gasteiger partial charge in [-0.2, -0.15) is 0 Å². The van der Waals surface area contributed by atoms with E-state index in [1.165, 1.54) is 32.1 Å². The van der Waals surface area contributed by atoms with E-state index < -0.39 is 0 Å². The molecule has 15 heavy (non-hydrogen) atoms. The summed E-state index contributed by atoms with van der Waals surface area (Å²) in [6.45, 7) is 0.675. The minimum absolute atomic E-state index is 0.350. The lowest BCUT2D eigenvalue weighted by atomic mass is 10.0. The molecule has 0 radical (unpaired) electrons. The Bertz CT molecular complexity index is 267. The summed E-state index contributed by atoms with van der Waals surface area (Å²) < 4.78 is 5.43. The number of nitrogens with two attached hydrogens (primary N) is 1. The molecule has 0 aliphatic heterocycles. The van der Waals surface area contributed by atoms with Crippen molar-refractivity contribution in [3.05, 3.63) is 24.2 Å². The molecule has 0 saturated heterocycles. The van der Waals surface area contributed by atoms with Crippen molar-refractivity contribution in [1.29, 1.82) is 0 Å². The van der Waals surface area contributed by atoms with Crippen LogP contribution in [0, 0.1) is 0 Å². The normalized spacial score (nSPS) is 20.3. The second-order valence-electron chi connectivity index (χ2n) is 4.14. The molecule has 0 spiro atoms. The van der Waals surface area contributed by atoms with Crippen molar-refractivity contribution >= 4 is 11.8 Å². The molecule has 2 nitrogen and oxygen atoms in total. The second kappa shape index (κ2) is 5.61. The molecule has 84 valence electrons. The highest BCUT2D eigenvalue weighted by Crippen LogP contribution is 2.37. The summed E-state index contributed by atoms with van der Waals surface area (Å²) in [5.74, 6) is 1.04. The zero-order valence-electron chi connectivity index (χ0n) is 9.02. The van der Waals surface area contributed by atoms with E-state index in [0.717, 1.165) is 11.0 Å². The molecule has 1 heterocycles. The molecule has 1 saturated carbocycles. The number of furan rings is 1. The lowest BCUT2D eigenvalue weighted by Crippen LogP contribution is -2.15. The molecular formula is C12H19NOS. The van der Waals surface area contributed by atoms with E-state index in [0.29, 0.717) is 11.8 Å². The molecule has 0 amide bonds. The van der Waals surface area contributed by atoms with E-state index in [9.17, 15) is 0 Å². The summed E-state index contributed by atoms with van der Waals surface area (Å²) in [5, 5.41) is 1.14. The number of thioether (sulfide) groups is 1. The summed E-state index contributed by atoms with van der Waals surface area (Å²) in [6, 6.07) is 3.98. The summed E-state index contributed by atoms with van der Waals surface area (Å²) in [4.78, 5) is 0. The van der Waals surface area contributed by atoms with Crippen LogP contribution in [0.15, 0.2) is 22.8 Å². The summed E-state index contributed by atoms with van der Waals surface area (Å²) >= 11 is 2.00. The number of rotatable bonds is 4. The van der Waals surface area contributed by atoms with Gasteiger partial charge in [-0.25, -0.2) is 0 Å². The highest BCUT2D eigenvalue weighted by atomic mass is 32.2. The SMILES string of the molecule is NCC(SC1CCCCC1)c1ccco1. The number of hydrogen-bond acceptors (Lipinski definition) is 3. The largest absolute Gasteiger partial charge is 0.468 e. The third-order valence-corrected chi connectivity index (χ3v) is 4.59. The van der Waals surface area contributed by atoms with Gasteiger partial charge in [0.05, 0.1) is 11.5 Å². The Hall–Kier alpha value is -0.410. The van der Waals surface area contributed by atoms with Gasteiger partial charge in [0.15, 0.2) is 0 Å². The van der Waals surface area contributed by atoms with Gasteiger partial charge >= 0.3 is 0 Å². The summed E-state index contributed by atoms with van der Waals surface area (Å²) in [7, 11) is 0. The van der Waals surface area contributed by atoms with E-state index >= 15 is 0 Å². The monoisotopic (exact) mass is 225 g/mol. The smallest absolute Gasteiger partial charge is 0.118 e. The molecule has 2 N–H and O–H groups in total. The van der Waals surface area contributed by atoms with Crippen LogP contribution in [0.25, 0.3) is 0 Å². The van der Waals surface area contributed by atoms with Crippen LogP contribution in [0.2, 0.25) is 0 Å². The fourth-order valence-electron chi connectivity index (χ4n) is 2.15. The maximum absolute atomic E-state index is 5.80. The molecule has 1 aliphatic carbocycles. The van der Waals surface area contributed by atoms with Crippen LogP contribution in [0.5, 0.6) is 0 Å². The van der Waals surface area contributed by atoms with Crippen LogP contribution in [-0.2, 0) is 0 Å². The van der Waals surface area contributed by atoms with Crippen molar-refractivity contribution in [3.63, 3.8) is 0 Å². The summed E-state index contributed by atoms with van der Waals surface area (Å²) in [5.41, 5.74) is 5.80. The molecule has 3 heteroatoms. The molecule has 1 aromatic heterocycles. The second-order valence-corrected chi connectivity index (χ2v) is 5.64. The number of hydrogen-bond donors (Lipinski definition) is 1. The van der Waals surface area contributed by atoms with Crippen molar-refractivity contribution in [2.75, 3.05) is 6.54 Å². The Morgan fingerprint density at radius 1 is 1.40 bits per heavy atom. The Balaban J connectivity index is 1.90. The predicted octanol–water partition coefficient (Wildman–Crippen LogP) is 3.35. The lowest BCUT2D eigenvalue weighted by molar-refractivity contribution is 0.497. The first-order valence-electron chi connectivity index (χ1n) is 5.79. The van der Waals surface area contributed by atoms with Crippen molar-refractivity contribution in [3.8, 4) is 0 Å². The maximum atomic E-state index is 5.80. The molecular weight excluding hydrogens is 206 g/mol. The van der Waals surface area contributed by atoms with Crippen LogP contribution in [-0.4, -0.2) is 11.8 Å². The average molecular weight is 225 g/mol. The first kappa shape index (κ1) is 11.1. The first-order chi connectivity index (χ1) is 7.40. The van der Waals surface area contributed by atoms with E-state index in [-0.39, 0.29) is 0 Å². The first-order valence-corrected chi connectivity index (χ1v) is 6.73. The van der Waals surface area contributed by atoms with Gasteiger partial charge in [0.1, 0.15) is 5.76 Å². The van der Waals surface area contributed by atoms with E-state index in [2.05, 4.69) is 0 Å². The van der Waals surface area contributed by atoms with Crippen molar-refractivity contribution in [2.24, 2.45) is 5.73 Å². The standard InChI is InChI=1S/C12H19NOS/c13-9-12(11-7-4-8-14-11)15-10-5-2-1-3-6-10/h4,7-8,10,12H,1-3,5-6,9,13H2.